The number of halogens is 4. The highest BCUT2D eigenvalue weighted by Gasteiger charge is 2.21. The lowest BCUT2D eigenvalue weighted by Crippen LogP contribution is -1.98. The summed E-state index contributed by atoms with van der Waals surface area (Å²) in [5.74, 6) is 0. The van der Waals surface area contributed by atoms with Crippen molar-refractivity contribution in [2.45, 2.75) is 4.90 Å². The van der Waals surface area contributed by atoms with Crippen LogP contribution in [-0.4, -0.2) is 13.7 Å². The summed E-state index contributed by atoms with van der Waals surface area (Å²) in [6, 6.07) is 1.63. The first-order chi connectivity index (χ1) is 6.73. The summed E-state index contributed by atoms with van der Waals surface area (Å²) in [7, 11) is -5.01. The number of benzene rings is 1. The van der Waals surface area contributed by atoms with Crippen LogP contribution >= 0.6 is 34.8 Å². The molecule has 0 saturated carbocycles. The van der Waals surface area contributed by atoms with Gasteiger partial charge in [0.05, 0.1) is 15.6 Å². The molecule has 0 aliphatic rings. The van der Waals surface area contributed by atoms with Gasteiger partial charge in [-0.05, 0) is 23.7 Å². The summed E-state index contributed by atoms with van der Waals surface area (Å²) < 4.78 is 33.8. The molecule has 0 fully saturated rings. The molecule has 1 rings (SSSR count). The molecule has 8 heteroatoms. The summed E-state index contributed by atoms with van der Waals surface area (Å²) >= 11 is 16.1. The molecule has 0 unspecified atom stereocenters. The van der Waals surface area contributed by atoms with Crippen molar-refractivity contribution in [2.75, 3.05) is 0 Å². The molecule has 0 heterocycles. The summed E-state index contributed by atoms with van der Waals surface area (Å²) in [6.45, 7) is 0. The quantitative estimate of drug-likeness (QED) is 0.787. The van der Waals surface area contributed by atoms with E-state index in [-0.39, 0.29) is 10.6 Å². The summed E-state index contributed by atoms with van der Waals surface area (Å²) in [5.41, 5.74) is -0.320. The Morgan fingerprint density at radius 2 is 1.73 bits per heavy atom. The Bertz CT molecular complexity index is 527. The van der Waals surface area contributed by atoms with E-state index >= 15 is 0 Å². The fourth-order valence-electron chi connectivity index (χ4n) is 0.867. The molecule has 0 bridgehead atoms. The van der Waals surface area contributed by atoms with Crippen LogP contribution in [0.25, 0.3) is 0 Å². The molecule has 0 saturated heterocycles. The average molecular weight is 292 g/mol. The highest BCUT2D eigenvalue weighted by atomic mass is 35.5. The van der Waals surface area contributed by atoms with Crippen LogP contribution in [0.15, 0.2) is 17.0 Å². The first-order valence-corrected chi connectivity index (χ1v) is 5.88. The minimum Gasteiger partial charge on any atom is -0.276 e. The zero-order valence-corrected chi connectivity index (χ0v) is 9.88. The molecule has 3 nitrogen and oxygen atoms in total. The van der Waals surface area contributed by atoms with Crippen LogP contribution < -0.4 is 0 Å². The van der Waals surface area contributed by atoms with Crippen LogP contribution in [0.1, 0.15) is 10.4 Å². The van der Waals surface area contributed by atoms with Crippen LogP contribution in [0, 0.1) is 0 Å². The molecule has 0 amide bonds. The van der Waals surface area contributed by atoms with E-state index in [1.54, 1.807) is 0 Å². The monoisotopic (exact) mass is 290 g/mol. The number of rotatable bonds is 2. The van der Waals surface area contributed by atoms with E-state index < -0.39 is 25.4 Å². The van der Waals surface area contributed by atoms with Crippen molar-refractivity contribution in [2.24, 2.45) is 0 Å². The fraction of sp³-hybridized carbons (Fsp3) is 0. The molecule has 1 aromatic carbocycles. The van der Waals surface area contributed by atoms with Crippen molar-refractivity contribution < 1.29 is 17.1 Å². The maximum atomic E-state index is 12.6. The molecule has 0 aliphatic heterocycles. The van der Waals surface area contributed by atoms with E-state index in [4.69, 9.17) is 34.8 Å². The molecule has 0 aliphatic carbocycles. The van der Waals surface area contributed by atoms with Gasteiger partial charge in [0.15, 0.2) is 0 Å². The van der Waals surface area contributed by atoms with Crippen LogP contribution in [0.2, 0.25) is 10.0 Å². The lowest BCUT2D eigenvalue weighted by molar-refractivity contribution is 0.108. The number of hydrogen-bond donors (Lipinski definition) is 0. The van der Waals surface area contributed by atoms with E-state index in [1.165, 1.54) is 0 Å². The van der Waals surface area contributed by atoms with Gasteiger partial charge in [-0.15, -0.1) is 3.89 Å². The fourth-order valence-corrected chi connectivity index (χ4v) is 2.37. The number of hydrogen-bond acceptors (Lipinski definition) is 3. The van der Waals surface area contributed by atoms with Crippen LogP contribution in [0.4, 0.5) is 3.89 Å². The molecule has 0 N–H and O–H groups in total. The van der Waals surface area contributed by atoms with Crippen molar-refractivity contribution in [3.8, 4) is 0 Å². The number of carbonyl (C=O) groups excluding carboxylic acids is 1. The van der Waals surface area contributed by atoms with Gasteiger partial charge in [0.25, 0.3) is 5.24 Å². The van der Waals surface area contributed by atoms with Crippen LogP contribution in [0.3, 0.4) is 0 Å². The van der Waals surface area contributed by atoms with Crippen molar-refractivity contribution in [1.82, 2.24) is 0 Å². The van der Waals surface area contributed by atoms with Gasteiger partial charge in [-0.1, -0.05) is 23.2 Å². The summed E-state index contributed by atoms with van der Waals surface area (Å²) in [4.78, 5) is 9.94. The lowest BCUT2D eigenvalue weighted by atomic mass is 10.2. The molecule has 1 aromatic rings. The van der Waals surface area contributed by atoms with Gasteiger partial charge in [-0.2, -0.15) is 8.42 Å². The zero-order valence-electron chi connectivity index (χ0n) is 6.80. The average Bonchev–Trinajstić information content (AvgIpc) is 2.00. The molecule has 0 radical (unpaired) electrons. The van der Waals surface area contributed by atoms with Crippen LogP contribution in [-0.2, 0) is 10.2 Å². The SMILES string of the molecule is O=C(Cl)c1cc(S(=O)(=O)F)c(Cl)cc1Cl. The van der Waals surface area contributed by atoms with Gasteiger partial charge in [-0.3, -0.25) is 4.79 Å². The second-order valence-electron chi connectivity index (χ2n) is 2.47. The van der Waals surface area contributed by atoms with Crippen molar-refractivity contribution in [1.29, 1.82) is 0 Å². The van der Waals surface area contributed by atoms with Crippen molar-refractivity contribution in [3.63, 3.8) is 0 Å². The highest BCUT2D eigenvalue weighted by Crippen LogP contribution is 2.30. The second kappa shape index (κ2) is 4.25. The third kappa shape index (κ3) is 2.81. The smallest absolute Gasteiger partial charge is 0.276 e. The highest BCUT2D eigenvalue weighted by molar-refractivity contribution is 7.86. The minimum atomic E-state index is -5.01. The van der Waals surface area contributed by atoms with Gasteiger partial charge in [0.1, 0.15) is 4.90 Å². The third-order valence-corrected chi connectivity index (χ3v) is 3.30. The Hall–Kier alpha value is -0.360. The van der Waals surface area contributed by atoms with Gasteiger partial charge in [-0.25, -0.2) is 0 Å². The van der Waals surface area contributed by atoms with E-state index in [0.29, 0.717) is 6.07 Å². The zero-order chi connectivity index (χ0) is 11.8. The molecule has 0 aromatic heterocycles. The Morgan fingerprint density at radius 3 is 2.13 bits per heavy atom. The molecular weight excluding hydrogens is 289 g/mol. The van der Waals surface area contributed by atoms with Gasteiger partial charge >= 0.3 is 10.2 Å². The molecule has 15 heavy (non-hydrogen) atoms. The first-order valence-electron chi connectivity index (χ1n) is 3.37. The van der Waals surface area contributed by atoms with Crippen molar-refractivity contribution >= 4 is 50.3 Å². The normalized spacial score (nSPS) is 11.5. The standard InChI is InChI=1S/C7H2Cl3FO3S/c8-4-2-5(9)6(15(11,13)14)1-3(4)7(10)12/h1-2H. The van der Waals surface area contributed by atoms with Crippen molar-refractivity contribution in [3.05, 3.63) is 27.7 Å². The Labute approximate surface area is 100.0 Å². The molecular formula is C7H2Cl3FO3S. The maximum absolute atomic E-state index is 12.6. The van der Waals surface area contributed by atoms with Gasteiger partial charge in [0, 0.05) is 0 Å². The predicted octanol–water partition coefficient (Wildman–Crippen LogP) is 3.03. The van der Waals surface area contributed by atoms with Crippen LogP contribution in [0.5, 0.6) is 0 Å². The second-order valence-corrected chi connectivity index (χ2v) is 4.95. The Kier molecular flexibility index (Phi) is 3.60. The predicted molar refractivity (Wildman–Crippen MR) is 54.9 cm³/mol. The topological polar surface area (TPSA) is 51.2 Å². The molecule has 0 spiro atoms. The van der Waals surface area contributed by atoms with E-state index in [1.807, 2.05) is 0 Å². The maximum Gasteiger partial charge on any atom is 0.333 e. The Morgan fingerprint density at radius 1 is 1.20 bits per heavy atom. The largest absolute Gasteiger partial charge is 0.333 e. The Balaban J connectivity index is 3.58. The third-order valence-electron chi connectivity index (χ3n) is 1.50. The lowest BCUT2D eigenvalue weighted by Gasteiger charge is -2.03. The van der Waals surface area contributed by atoms with Gasteiger partial charge < -0.3 is 0 Å². The van der Waals surface area contributed by atoms with E-state index in [9.17, 15) is 17.1 Å². The summed E-state index contributed by atoms with van der Waals surface area (Å²) in [6.07, 6.45) is 0. The van der Waals surface area contributed by atoms with Gasteiger partial charge in [0.2, 0.25) is 0 Å². The minimum absolute atomic E-state index is 0.146. The summed E-state index contributed by atoms with van der Waals surface area (Å²) in [5, 5.41) is -1.56. The van der Waals surface area contributed by atoms with E-state index in [2.05, 4.69) is 0 Å². The number of carbonyl (C=O) groups is 1. The van der Waals surface area contributed by atoms with E-state index in [0.717, 1.165) is 6.07 Å². The molecule has 82 valence electrons. The molecule has 0 atom stereocenters. The first kappa shape index (κ1) is 12.7.